The minimum atomic E-state index is -0.906. The molecule has 178 valence electrons. The molecule has 3 unspecified atom stereocenters. The molecule has 9 nitrogen and oxygen atoms in total. The number of nitrogens with zero attached hydrogens (tertiary/aromatic N) is 4. The predicted molar refractivity (Wildman–Crippen MR) is 128 cm³/mol. The standard InChI is InChI=1S/C23H31N5O4S/c1-3-11-32-23(30)17(16-24)14-21-28(4-2)22(29)19(33-21)6-8-25-18-5-7-26-20(15-18)27-9-12-31-13-10-27/h3,5,7,15,17,19,21H,1,4,6,8-14H2,2H3,(H,25,26). The van der Waals surface area contributed by atoms with Gasteiger partial charge in [0.1, 0.15) is 18.3 Å². The topological polar surface area (TPSA) is 108 Å². The molecule has 1 amide bonds. The van der Waals surface area contributed by atoms with Gasteiger partial charge in [-0.1, -0.05) is 12.7 Å². The Morgan fingerprint density at radius 3 is 3.00 bits per heavy atom. The number of aromatic nitrogens is 1. The fourth-order valence-electron chi connectivity index (χ4n) is 3.87. The van der Waals surface area contributed by atoms with E-state index in [9.17, 15) is 14.9 Å². The van der Waals surface area contributed by atoms with Gasteiger partial charge in [-0.25, -0.2) is 4.98 Å². The molecule has 0 bridgehead atoms. The smallest absolute Gasteiger partial charge is 0.323 e. The van der Waals surface area contributed by atoms with Crippen LogP contribution in [-0.2, 0) is 19.1 Å². The van der Waals surface area contributed by atoms with Crippen molar-refractivity contribution in [2.45, 2.75) is 30.4 Å². The van der Waals surface area contributed by atoms with Gasteiger partial charge in [0, 0.05) is 50.6 Å². The maximum Gasteiger partial charge on any atom is 0.323 e. The molecule has 0 aromatic carbocycles. The number of morpholine rings is 1. The molecule has 2 aliphatic rings. The Balaban J connectivity index is 1.53. The number of rotatable bonds is 11. The van der Waals surface area contributed by atoms with Gasteiger partial charge in [-0.3, -0.25) is 9.59 Å². The first-order valence-electron chi connectivity index (χ1n) is 11.2. The highest BCUT2D eigenvalue weighted by Gasteiger charge is 2.41. The predicted octanol–water partition coefficient (Wildman–Crippen LogP) is 2.27. The Bertz CT molecular complexity index is 871. The minimum absolute atomic E-state index is 0.0502. The van der Waals surface area contributed by atoms with Crippen LogP contribution < -0.4 is 10.2 Å². The number of anilines is 2. The Kier molecular flexibility index (Phi) is 9.39. The third-order valence-electron chi connectivity index (χ3n) is 5.61. The van der Waals surface area contributed by atoms with Gasteiger partial charge in [0.2, 0.25) is 5.91 Å². The van der Waals surface area contributed by atoms with Crippen molar-refractivity contribution in [1.82, 2.24) is 9.88 Å². The molecule has 3 heterocycles. The fraction of sp³-hybridized carbons (Fsp3) is 0.565. The van der Waals surface area contributed by atoms with E-state index in [1.807, 2.05) is 25.1 Å². The first-order chi connectivity index (χ1) is 16.1. The highest BCUT2D eigenvalue weighted by Crippen LogP contribution is 2.37. The molecule has 1 N–H and O–H groups in total. The molecule has 1 aromatic rings. The lowest BCUT2D eigenvalue weighted by atomic mass is 10.1. The number of hydrogen-bond acceptors (Lipinski definition) is 9. The van der Waals surface area contributed by atoms with E-state index in [4.69, 9.17) is 9.47 Å². The molecule has 33 heavy (non-hydrogen) atoms. The summed E-state index contributed by atoms with van der Waals surface area (Å²) in [4.78, 5) is 33.4. The third-order valence-corrected chi connectivity index (χ3v) is 7.13. The van der Waals surface area contributed by atoms with Crippen LogP contribution in [0.3, 0.4) is 0 Å². The summed E-state index contributed by atoms with van der Waals surface area (Å²) in [6, 6.07) is 5.95. The largest absolute Gasteiger partial charge is 0.460 e. The molecule has 10 heteroatoms. The highest BCUT2D eigenvalue weighted by molar-refractivity contribution is 8.01. The average molecular weight is 474 g/mol. The molecule has 0 saturated carbocycles. The van der Waals surface area contributed by atoms with E-state index in [1.165, 1.54) is 17.8 Å². The molecule has 2 fully saturated rings. The fourth-order valence-corrected chi connectivity index (χ4v) is 5.46. The summed E-state index contributed by atoms with van der Waals surface area (Å²) in [5.41, 5.74) is 0.959. The molecule has 0 spiro atoms. The van der Waals surface area contributed by atoms with Crippen molar-refractivity contribution in [3.8, 4) is 6.07 Å². The lowest BCUT2D eigenvalue weighted by Crippen LogP contribution is -2.36. The third kappa shape index (κ3) is 6.62. The number of amides is 1. The van der Waals surface area contributed by atoms with E-state index in [1.54, 1.807) is 11.1 Å². The van der Waals surface area contributed by atoms with Crippen LogP contribution in [0.5, 0.6) is 0 Å². The van der Waals surface area contributed by atoms with E-state index in [2.05, 4.69) is 21.8 Å². The summed E-state index contributed by atoms with van der Waals surface area (Å²) in [6.45, 7) is 9.71. The van der Waals surface area contributed by atoms with Crippen molar-refractivity contribution in [2.75, 3.05) is 56.2 Å². The molecule has 1 aromatic heterocycles. The highest BCUT2D eigenvalue weighted by atomic mass is 32.2. The van der Waals surface area contributed by atoms with E-state index >= 15 is 0 Å². The van der Waals surface area contributed by atoms with Crippen LogP contribution >= 0.6 is 11.8 Å². The SMILES string of the molecule is C=CCOC(=O)C(C#N)CC1SC(CCNc2ccnc(N3CCOCC3)c2)C(=O)N1CC. The van der Waals surface area contributed by atoms with Gasteiger partial charge in [0.15, 0.2) is 0 Å². The Labute approximate surface area is 199 Å². The first kappa shape index (κ1) is 24.9. The van der Waals surface area contributed by atoms with Crippen molar-refractivity contribution >= 4 is 35.1 Å². The average Bonchev–Trinajstić information content (AvgIpc) is 3.15. The van der Waals surface area contributed by atoms with Gasteiger partial charge in [-0.2, -0.15) is 5.26 Å². The summed E-state index contributed by atoms with van der Waals surface area (Å²) in [5, 5.41) is 12.4. The Hall–Kier alpha value is -2.77. The van der Waals surface area contributed by atoms with Crippen LogP contribution in [0.1, 0.15) is 19.8 Å². The summed E-state index contributed by atoms with van der Waals surface area (Å²) < 4.78 is 10.4. The zero-order valence-corrected chi connectivity index (χ0v) is 19.8. The quantitative estimate of drug-likeness (QED) is 0.382. The van der Waals surface area contributed by atoms with Crippen LogP contribution in [0.4, 0.5) is 11.5 Å². The molecular weight excluding hydrogens is 442 g/mol. The second-order valence-electron chi connectivity index (χ2n) is 7.76. The number of ether oxygens (including phenoxy) is 2. The minimum Gasteiger partial charge on any atom is -0.460 e. The molecule has 2 aliphatic heterocycles. The molecule has 3 atom stereocenters. The molecular formula is C23H31N5O4S. The molecule has 0 aliphatic carbocycles. The maximum atomic E-state index is 12.9. The zero-order valence-electron chi connectivity index (χ0n) is 18.9. The van der Waals surface area contributed by atoms with Gasteiger partial charge >= 0.3 is 5.97 Å². The normalized spacial score (nSPS) is 21.4. The number of carbonyl (C=O) groups is 2. The van der Waals surface area contributed by atoms with Gasteiger partial charge in [-0.05, 0) is 19.4 Å². The maximum absolute atomic E-state index is 12.9. The van der Waals surface area contributed by atoms with E-state index in [0.29, 0.717) is 32.7 Å². The number of thioether (sulfide) groups is 1. The monoisotopic (exact) mass is 473 g/mol. The number of esters is 1. The summed E-state index contributed by atoms with van der Waals surface area (Å²) >= 11 is 1.52. The van der Waals surface area contributed by atoms with Crippen LogP contribution in [0.2, 0.25) is 0 Å². The van der Waals surface area contributed by atoms with Gasteiger partial charge in [0.25, 0.3) is 0 Å². The first-order valence-corrected chi connectivity index (χ1v) is 12.2. The van der Waals surface area contributed by atoms with Gasteiger partial charge in [0.05, 0.1) is 29.9 Å². The van der Waals surface area contributed by atoms with Crippen LogP contribution in [0.15, 0.2) is 31.0 Å². The number of nitriles is 1. The van der Waals surface area contributed by atoms with Crippen molar-refractivity contribution in [2.24, 2.45) is 5.92 Å². The summed E-state index contributed by atoms with van der Waals surface area (Å²) in [6.07, 6.45) is 4.15. The molecule has 2 saturated heterocycles. The number of pyridine rings is 1. The van der Waals surface area contributed by atoms with Crippen molar-refractivity contribution in [1.29, 1.82) is 5.26 Å². The van der Waals surface area contributed by atoms with Crippen LogP contribution in [-0.4, -0.2) is 78.4 Å². The lowest BCUT2D eigenvalue weighted by molar-refractivity contribution is -0.146. The van der Waals surface area contributed by atoms with Crippen molar-refractivity contribution in [3.05, 3.63) is 31.0 Å². The second-order valence-corrected chi connectivity index (χ2v) is 9.14. The summed E-state index contributed by atoms with van der Waals surface area (Å²) in [7, 11) is 0. The van der Waals surface area contributed by atoms with Crippen molar-refractivity contribution in [3.63, 3.8) is 0 Å². The molecule has 3 rings (SSSR count). The van der Waals surface area contributed by atoms with Gasteiger partial charge < -0.3 is 24.6 Å². The number of hydrogen-bond donors (Lipinski definition) is 1. The Morgan fingerprint density at radius 1 is 1.52 bits per heavy atom. The van der Waals surface area contributed by atoms with Gasteiger partial charge in [-0.15, -0.1) is 11.8 Å². The van der Waals surface area contributed by atoms with E-state index in [-0.39, 0.29) is 29.6 Å². The van der Waals surface area contributed by atoms with Crippen molar-refractivity contribution < 1.29 is 19.1 Å². The van der Waals surface area contributed by atoms with E-state index in [0.717, 1.165) is 24.6 Å². The number of nitrogens with one attached hydrogen (secondary N) is 1. The van der Waals surface area contributed by atoms with Crippen LogP contribution in [0.25, 0.3) is 0 Å². The summed E-state index contributed by atoms with van der Waals surface area (Å²) in [5.74, 6) is -0.510. The van der Waals surface area contributed by atoms with E-state index < -0.39 is 11.9 Å². The lowest BCUT2D eigenvalue weighted by Gasteiger charge is -2.28. The molecule has 0 radical (unpaired) electrons. The zero-order chi connectivity index (χ0) is 23.6. The second kappa shape index (κ2) is 12.5. The Morgan fingerprint density at radius 2 is 2.30 bits per heavy atom. The van der Waals surface area contributed by atoms with Crippen LogP contribution in [0, 0.1) is 17.2 Å². The number of carbonyl (C=O) groups excluding carboxylic acids is 2.